The number of amides is 1. The molecule has 0 aromatic carbocycles. The van der Waals surface area contributed by atoms with Gasteiger partial charge in [0, 0.05) is 6.42 Å². The fourth-order valence-corrected chi connectivity index (χ4v) is 8.63. The second-order valence-corrected chi connectivity index (χ2v) is 21.3. The van der Waals surface area contributed by atoms with E-state index in [9.17, 15) is 19.4 Å². The number of carbonyl (C=O) groups is 1. The van der Waals surface area contributed by atoms with Crippen molar-refractivity contribution in [3.05, 3.63) is 60.8 Å². The van der Waals surface area contributed by atoms with Crippen molar-refractivity contribution in [1.29, 1.82) is 0 Å². The molecule has 0 bridgehead atoms. The number of nitrogens with one attached hydrogen (secondary N) is 1. The predicted octanol–water partition coefficient (Wildman–Crippen LogP) is 15.9. The van der Waals surface area contributed by atoms with Crippen molar-refractivity contribution in [2.45, 2.75) is 257 Å². The molecule has 0 aliphatic heterocycles. The Kier molecular flexibility index (Phi) is 46.9. The van der Waals surface area contributed by atoms with Crippen LogP contribution in [0.3, 0.4) is 0 Å². The third kappa shape index (κ3) is 50.1. The van der Waals surface area contributed by atoms with Crippen LogP contribution in [0, 0.1) is 0 Å². The molecule has 0 aromatic heterocycles. The van der Waals surface area contributed by atoms with E-state index in [4.69, 9.17) is 9.05 Å². The van der Waals surface area contributed by atoms with Gasteiger partial charge >= 0.3 is 0 Å². The van der Waals surface area contributed by atoms with Crippen molar-refractivity contribution in [2.75, 3.05) is 40.9 Å². The first-order chi connectivity index (χ1) is 32.0. The maximum absolute atomic E-state index is 13.0. The SMILES string of the molecule is CC/C=C\C/C=C\C/C=C\C/C=C\CCCCCCCCCCCCCCC(=O)NC(COP(=O)([O-])OCC[N+](C)(C)C)C(O)/C=C/CCCCCCCCCCCCCCCCCCC. The molecule has 8 nitrogen and oxygen atoms in total. The Balaban J connectivity index is 4.24. The molecule has 0 saturated carbocycles. The minimum Gasteiger partial charge on any atom is -0.756 e. The molecule has 66 heavy (non-hydrogen) atoms. The number of rotatable bonds is 50. The van der Waals surface area contributed by atoms with Crippen LogP contribution < -0.4 is 10.2 Å². The Morgan fingerprint density at radius 2 is 0.924 bits per heavy atom. The molecule has 3 atom stereocenters. The van der Waals surface area contributed by atoms with Crippen molar-refractivity contribution < 1.29 is 32.9 Å². The summed E-state index contributed by atoms with van der Waals surface area (Å²) in [5, 5.41) is 13.9. The highest BCUT2D eigenvalue weighted by Crippen LogP contribution is 2.38. The van der Waals surface area contributed by atoms with Gasteiger partial charge in [0.15, 0.2) is 0 Å². The summed E-state index contributed by atoms with van der Waals surface area (Å²) in [5.74, 6) is -0.200. The van der Waals surface area contributed by atoms with Crippen LogP contribution in [0.5, 0.6) is 0 Å². The molecule has 1 amide bonds. The lowest BCUT2D eigenvalue weighted by Gasteiger charge is -2.29. The van der Waals surface area contributed by atoms with E-state index in [0.29, 0.717) is 17.4 Å². The van der Waals surface area contributed by atoms with E-state index >= 15 is 0 Å². The molecule has 0 aromatic rings. The summed E-state index contributed by atoms with van der Waals surface area (Å²) in [6, 6.07) is -0.890. The number of aliphatic hydroxyl groups is 1. The predicted molar refractivity (Wildman–Crippen MR) is 284 cm³/mol. The normalized spacial score (nSPS) is 14.5. The highest BCUT2D eigenvalue weighted by atomic mass is 31.2. The summed E-state index contributed by atoms with van der Waals surface area (Å²) < 4.78 is 23.3. The second kappa shape index (κ2) is 48.2. The van der Waals surface area contributed by atoms with E-state index < -0.39 is 20.0 Å². The number of phosphoric acid groups is 1. The minimum atomic E-state index is -4.60. The molecule has 386 valence electrons. The van der Waals surface area contributed by atoms with Crippen molar-refractivity contribution in [2.24, 2.45) is 0 Å². The van der Waals surface area contributed by atoms with Crippen LogP contribution in [0.2, 0.25) is 0 Å². The van der Waals surface area contributed by atoms with Gasteiger partial charge in [-0.2, -0.15) is 0 Å². The van der Waals surface area contributed by atoms with Crippen LogP contribution in [-0.2, 0) is 18.4 Å². The van der Waals surface area contributed by atoms with Gasteiger partial charge < -0.3 is 28.8 Å². The largest absolute Gasteiger partial charge is 0.756 e. The lowest BCUT2D eigenvalue weighted by atomic mass is 10.0. The Morgan fingerprint density at radius 1 is 0.545 bits per heavy atom. The Bertz CT molecular complexity index is 1260. The molecule has 0 aliphatic carbocycles. The number of aliphatic hydroxyl groups excluding tert-OH is 1. The average Bonchev–Trinajstić information content (AvgIpc) is 3.28. The first-order valence-corrected chi connectivity index (χ1v) is 29.1. The van der Waals surface area contributed by atoms with Gasteiger partial charge in [-0.25, -0.2) is 0 Å². The molecule has 0 rings (SSSR count). The van der Waals surface area contributed by atoms with Crippen LogP contribution in [0.25, 0.3) is 0 Å². The molecule has 9 heteroatoms. The van der Waals surface area contributed by atoms with E-state index in [0.717, 1.165) is 64.2 Å². The van der Waals surface area contributed by atoms with Gasteiger partial charge in [0.25, 0.3) is 7.82 Å². The van der Waals surface area contributed by atoms with Crippen LogP contribution >= 0.6 is 7.82 Å². The number of hydrogen-bond donors (Lipinski definition) is 2. The molecule has 0 spiro atoms. The number of phosphoric ester groups is 1. The van der Waals surface area contributed by atoms with Crippen LogP contribution in [0.4, 0.5) is 0 Å². The lowest BCUT2D eigenvalue weighted by molar-refractivity contribution is -0.870. The van der Waals surface area contributed by atoms with Crippen LogP contribution in [0.15, 0.2) is 60.8 Å². The fraction of sp³-hybridized carbons (Fsp3) is 0.807. The van der Waals surface area contributed by atoms with Gasteiger partial charge in [-0.3, -0.25) is 9.36 Å². The van der Waals surface area contributed by atoms with Crippen molar-refractivity contribution >= 4 is 13.7 Å². The molecule has 0 saturated heterocycles. The summed E-state index contributed by atoms with van der Waals surface area (Å²) in [4.78, 5) is 25.5. The topological polar surface area (TPSA) is 108 Å². The maximum atomic E-state index is 13.0. The number of carbonyl (C=O) groups excluding carboxylic acids is 1. The summed E-state index contributed by atoms with van der Waals surface area (Å²) in [5.41, 5.74) is 0. The number of nitrogens with zero attached hydrogens (tertiary/aromatic N) is 1. The quantitative estimate of drug-likeness (QED) is 0.0272. The van der Waals surface area contributed by atoms with E-state index in [1.54, 1.807) is 6.08 Å². The fourth-order valence-electron chi connectivity index (χ4n) is 7.91. The molecule has 0 heterocycles. The highest BCUT2D eigenvalue weighted by molar-refractivity contribution is 7.45. The summed E-state index contributed by atoms with van der Waals surface area (Å²) in [7, 11) is 1.26. The van der Waals surface area contributed by atoms with Gasteiger partial charge in [0.2, 0.25) is 5.91 Å². The zero-order chi connectivity index (χ0) is 48.5. The van der Waals surface area contributed by atoms with Crippen molar-refractivity contribution in [3.63, 3.8) is 0 Å². The Labute approximate surface area is 409 Å². The molecule has 0 fully saturated rings. The minimum absolute atomic E-state index is 0.00265. The van der Waals surface area contributed by atoms with Crippen molar-refractivity contribution in [1.82, 2.24) is 5.32 Å². The number of allylic oxidation sites excluding steroid dienone is 9. The highest BCUT2D eigenvalue weighted by Gasteiger charge is 2.23. The van der Waals surface area contributed by atoms with Crippen molar-refractivity contribution in [3.8, 4) is 0 Å². The third-order valence-electron chi connectivity index (χ3n) is 12.2. The van der Waals surface area contributed by atoms with Crippen LogP contribution in [-0.4, -0.2) is 68.5 Å². The second-order valence-electron chi connectivity index (χ2n) is 19.9. The lowest BCUT2D eigenvalue weighted by Crippen LogP contribution is -2.45. The molecule has 0 radical (unpaired) electrons. The molecular weight excluding hydrogens is 840 g/mol. The van der Waals surface area contributed by atoms with Gasteiger partial charge in [0.1, 0.15) is 13.2 Å². The first kappa shape index (κ1) is 64.2. The maximum Gasteiger partial charge on any atom is 0.268 e. The van der Waals surface area contributed by atoms with Gasteiger partial charge in [-0.15, -0.1) is 0 Å². The number of hydrogen-bond acceptors (Lipinski definition) is 6. The summed E-state index contributed by atoms with van der Waals surface area (Å²) in [6.45, 7) is 4.55. The third-order valence-corrected chi connectivity index (χ3v) is 13.2. The Morgan fingerprint density at radius 3 is 1.35 bits per heavy atom. The molecular formula is C57H107N2O6P. The zero-order valence-corrected chi connectivity index (χ0v) is 44.8. The summed E-state index contributed by atoms with van der Waals surface area (Å²) in [6.07, 6.45) is 64.2. The monoisotopic (exact) mass is 947 g/mol. The average molecular weight is 947 g/mol. The molecule has 3 unspecified atom stereocenters. The zero-order valence-electron chi connectivity index (χ0n) is 43.9. The van der Waals surface area contributed by atoms with E-state index in [1.165, 1.54) is 161 Å². The van der Waals surface area contributed by atoms with Crippen LogP contribution in [0.1, 0.15) is 245 Å². The molecule has 2 N–H and O–H groups in total. The van der Waals surface area contributed by atoms with Gasteiger partial charge in [0.05, 0.1) is 39.9 Å². The van der Waals surface area contributed by atoms with E-state index in [2.05, 4.69) is 67.8 Å². The summed E-state index contributed by atoms with van der Waals surface area (Å²) >= 11 is 0. The number of likely N-dealkylation sites (N-methyl/N-ethyl adjacent to an activating group) is 1. The standard InChI is InChI=1S/C57H107N2O6P/c1-6-8-10-12-14-16-18-20-22-24-26-27-28-29-30-31-33-35-37-39-41-43-45-47-49-51-57(61)58-55(54-65-66(62,63)64-53-52-59(3,4)5)56(60)50-48-46-44-42-40-38-36-34-32-25-23-21-19-17-15-13-11-9-7-2/h8,10,14,16,20,22,26-27,48,50,55-56,60H,6-7,9,11-13,15,17-19,21,23-25,28-47,49,51-54H2,1-5H3,(H-,58,61,62,63)/b10-8-,16-14-,22-20-,27-26-,50-48+. The smallest absolute Gasteiger partial charge is 0.268 e. The first-order valence-electron chi connectivity index (χ1n) is 27.7. The molecule has 0 aliphatic rings. The van der Waals surface area contributed by atoms with E-state index in [1.807, 2.05) is 27.2 Å². The number of unbranched alkanes of at least 4 members (excludes halogenated alkanes) is 29. The number of quaternary nitrogens is 1. The Hall–Kier alpha value is -1.80. The van der Waals surface area contributed by atoms with E-state index in [-0.39, 0.29) is 19.1 Å². The van der Waals surface area contributed by atoms with Gasteiger partial charge in [-0.05, 0) is 57.8 Å². The van der Waals surface area contributed by atoms with Gasteiger partial charge in [-0.1, -0.05) is 242 Å².